The highest BCUT2D eigenvalue weighted by Crippen LogP contribution is 2.47. The lowest BCUT2D eigenvalue weighted by molar-refractivity contribution is -0.220. The van der Waals surface area contributed by atoms with E-state index in [1.54, 1.807) is 0 Å². The van der Waals surface area contributed by atoms with Gasteiger partial charge < -0.3 is 39.9 Å². The van der Waals surface area contributed by atoms with E-state index in [1.807, 2.05) is 0 Å². The summed E-state index contributed by atoms with van der Waals surface area (Å²) in [6, 6.07) is 0. The van der Waals surface area contributed by atoms with Gasteiger partial charge in [-0.2, -0.15) is 0 Å². The summed E-state index contributed by atoms with van der Waals surface area (Å²) in [5.74, 6) is -0.506. The zero-order chi connectivity index (χ0) is 47.6. The molecule has 1 fully saturated rings. The van der Waals surface area contributed by atoms with E-state index in [9.17, 15) is 39.8 Å². The van der Waals surface area contributed by atoms with Crippen LogP contribution in [0.25, 0.3) is 0 Å². The van der Waals surface area contributed by atoms with Crippen LogP contribution in [0.3, 0.4) is 0 Å². The van der Waals surface area contributed by atoms with Crippen LogP contribution in [0, 0.1) is 0 Å². The summed E-state index contributed by atoms with van der Waals surface area (Å²) < 4.78 is 34.2. The predicted octanol–water partition coefficient (Wildman–Crippen LogP) is 10.7. The Bertz CT molecular complexity index is 1440. The number of hydrogen-bond acceptors (Lipinski definition) is 11. The Labute approximate surface area is 392 Å². The van der Waals surface area contributed by atoms with E-state index < -0.39 is 63.1 Å². The Morgan fingerprint density at radius 1 is 0.508 bits per heavy atom. The summed E-state index contributed by atoms with van der Waals surface area (Å²) in [6.45, 7) is 4.01. The topological polar surface area (TPSA) is 192 Å². The van der Waals surface area contributed by atoms with Gasteiger partial charge in [-0.05, 0) is 96.3 Å². The monoisotopic (exact) mass is 935 g/mol. The molecule has 1 aliphatic carbocycles. The number of hydrogen-bond donors (Lipinski definition) is 6. The molecule has 0 aromatic carbocycles. The van der Waals surface area contributed by atoms with Crippen molar-refractivity contribution in [3.8, 4) is 0 Å². The van der Waals surface area contributed by atoms with Crippen molar-refractivity contribution in [3.05, 3.63) is 97.2 Å². The van der Waals surface area contributed by atoms with E-state index in [2.05, 4.69) is 111 Å². The normalized spacial score (nSPS) is 22.4. The molecule has 1 rings (SSSR count). The summed E-state index contributed by atoms with van der Waals surface area (Å²) in [4.78, 5) is 23.2. The Balaban J connectivity index is 2.41. The minimum Gasteiger partial charge on any atom is -0.457 e. The van der Waals surface area contributed by atoms with Gasteiger partial charge >= 0.3 is 13.8 Å². The van der Waals surface area contributed by atoms with Crippen LogP contribution in [0.1, 0.15) is 162 Å². The number of phosphoric ester groups is 1. The minimum absolute atomic E-state index is 0.116. The van der Waals surface area contributed by atoms with E-state index in [0.29, 0.717) is 13.0 Å². The molecule has 1 saturated carbocycles. The number of carbonyl (C=O) groups is 1. The first-order valence-corrected chi connectivity index (χ1v) is 26.1. The highest BCUT2D eigenvalue weighted by atomic mass is 31.2. The second kappa shape index (κ2) is 41.4. The number of phosphoric acid groups is 1. The smallest absolute Gasteiger partial charge is 0.457 e. The van der Waals surface area contributed by atoms with Crippen LogP contribution in [0.2, 0.25) is 0 Å². The quantitative estimate of drug-likeness (QED) is 0.0148. The van der Waals surface area contributed by atoms with Crippen molar-refractivity contribution in [2.75, 3.05) is 19.8 Å². The number of ether oxygens (including phenoxy) is 2. The fourth-order valence-corrected chi connectivity index (χ4v) is 7.77. The molecule has 0 amide bonds. The third kappa shape index (κ3) is 33.4. The molecular weight excluding hydrogens is 848 g/mol. The number of carbonyl (C=O) groups excluding carboxylic acids is 1. The van der Waals surface area contributed by atoms with Gasteiger partial charge in [0.05, 0.1) is 13.2 Å². The van der Waals surface area contributed by atoms with Crippen molar-refractivity contribution in [1.82, 2.24) is 0 Å². The Morgan fingerprint density at radius 2 is 0.908 bits per heavy atom. The maximum atomic E-state index is 12.8. The van der Waals surface area contributed by atoms with Gasteiger partial charge in [0.1, 0.15) is 42.7 Å². The van der Waals surface area contributed by atoms with E-state index >= 15 is 0 Å². The van der Waals surface area contributed by atoms with Crippen LogP contribution < -0.4 is 0 Å². The molecule has 0 bridgehead atoms. The molecule has 372 valence electrons. The van der Waals surface area contributed by atoms with Gasteiger partial charge in [0.15, 0.2) is 0 Å². The second-order valence-corrected chi connectivity index (χ2v) is 18.0. The first-order valence-electron chi connectivity index (χ1n) is 24.6. The van der Waals surface area contributed by atoms with Crippen LogP contribution in [0.15, 0.2) is 97.2 Å². The van der Waals surface area contributed by atoms with Crippen LogP contribution in [-0.2, 0) is 27.9 Å². The summed E-state index contributed by atoms with van der Waals surface area (Å²) in [7, 11) is -5.04. The molecule has 1 aliphatic rings. The van der Waals surface area contributed by atoms with Crippen molar-refractivity contribution in [3.63, 3.8) is 0 Å². The second-order valence-electron chi connectivity index (χ2n) is 16.6. The predicted molar refractivity (Wildman–Crippen MR) is 262 cm³/mol. The molecular formula is C52H87O12P. The van der Waals surface area contributed by atoms with E-state index in [4.69, 9.17) is 18.5 Å². The van der Waals surface area contributed by atoms with E-state index in [1.165, 1.54) is 32.1 Å². The van der Waals surface area contributed by atoms with Crippen LogP contribution in [0.5, 0.6) is 0 Å². The largest absolute Gasteiger partial charge is 0.472 e. The average Bonchev–Trinajstić information content (AvgIpc) is 3.29. The van der Waals surface area contributed by atoms with Crippen molar-refractivity contribution in [2.45, 2.75) is 204 Å². The van der Waals surface area contributed by atoms with Gasteiger partial charge in [0.2, 0.25) is 0 Å². The number of rotatable bonds is 40. The van der Waals surface area contributed by atoms with Gasteiger partial charge in [-0.1, -0.05) is 156 Å². The molecule has 0 aliphatic heterocycles. The molecule has 0 aromatic heterocycles. The number of unbranched alkanes of at least 4 members (excludes halogenated alkanes) is 12. The van der Waals surface area contributed by atoms with Gasteiger partial charge in [0, 0.05) is 13.0 Å². The Hall–Kier alpha value is -2.74. The molecule has 65 heavy (non-hydrogen) atoms. The highest BCUT2D eigenvalue weighted by Gasteiger charge is 2.51. The third-order valence-electron chi connectivity index (χ3n) is 10.7. The fraction of sp³-hybridized carbons (Fsp3) is 0.673. The van der Waals surface area contributed by atoms with Gasteiger partial charge in [-0.3, -0.25) is 13.8 Å². The zero-order valence-corrected chi connectivity index (χ0v) is 40.6. The Kier molecular flexibility index (Phi) is 38.4. The molecule has 0 heterocycles. The number of allylic oxidation sites excluding steroid dienone is 16. The van der Waals surface area contributed by atoms with Crippen molar-refractivity contribution in [1.29, 1.82) is 0 Å². The average molecular weight is 935 g/mol. The van der Waals surface area contributed by atoms with Crippen molar-refractivity contribution >= 4 is 13.8 Å². The lowest BCUT2D eigenvalue weighted by atomic mass is 9.85. The van der Waals surface area contributed by atoms with Gasteiger partial charge in [0.25, 0.3) is 0 Å². The number of aliphatic hydroxyl groups excluding tert-OH is 5. The van der Waals surface area contributed by atoms with Gasteiger partial charge in [-0.25, -0.2) is 4.57 Å². The number of esters is 1. The summed E-state index contributed by atoms with van der Waals surface area (Å²) in [6.07, 6.45) is 44.8. The lowest BCUT2D eigenvalue weighted by Crippen LogP contribution is -2.64. The van der Waals surface area contributed by atoms with Crippen LogP contribution >= 0.6 is 7.82 Å². The SMILES string of the molecule is CC/C=C\C/C=C\C/C=C\C/C=C\C/C=C\C/C=C\C/C=C\CCCCOCC(COP(=O)(O)OC1C(O)C(O)C(O)C(O)C1O)OC(=O)CCCCCCC/C=C\CCCCCCC. The van der Waals surface area contributed by atoms with Crippen LogP contribution in [-0.4, -0.2) is 98.9 Å². The molecule has 13 heteroatoms. The van der Waals surface area contributed by atoms with E-state index in [-0.39, 0.29) is 13.0 Å². The molecule has 0 spiro atoms. The highest BCUT2D eigenvalue weighted by molar-refractivity contribution is 7.47. The van der Waals surface area contributed by atoms with Crippen molar-refractivity contribution in [2.24, 2.45) is 0 Å². The maximum Gasteiger partial charge on any atom is 0.472 e. The molecule has 0 saturated heterocycles. The molecule has 0 radical (unpaired) electrons. The summed E-state index contributed by atoms with van der Waals surface area (Å²) >= 11 is 0. The summed E-state index contributed by atoms with van der Waals surface area (Å²) in [5.41, 5.74) is 0. The zero-order valence-electron chi connectivity index (χ0n) is 39.7. The lowest BCUT2D eigenvalue weighted by Gasteiger charge is -2.41. The molecule has 0 aromatic rings. The molecule has 12 nitrogen and oxygen atoms in total. The minimum atomic E-state index is -5.04. The van der Waals surface area contributed by atoms with E-state index in [0.717, 1.165) is 103 Å². The first-order chi connectivity index (χ1) is 31.5. The first kappa shape index (κ1) is 60.3. The number of aliphatic hydroxyl groups is 5. The standard InChI is InChI=1S/C52H87O12P/c1-3-5-7-9-11-13-15-17-19-20-21-22-23-24-25-26-27-28-30-32-34-36-38-40-42-61-43-45(44-62-65(59,60)64-52-50(57)48(55)47(54)49(56)51(52)58)63-46(53)41-39-37-35-33-31-29-18-16-14-12-10-8-6-4-2/h5,7,11,13,16-19,21-22,24-25,27-28,32,34,45,47-52,54-58H,3-4,6,8-10,12,14-15,20,23,26,29-31,33,35-44H2,1-2H3,(H,59,60)/b7-5-,13-11-,18-16-,19-17-,22-21-,25-24-,28-27-,34-32-. The van der Waals surface area contributed by atoms with Crippen molar-refractivity contribution < 1.29 is 58.3 Å². The maximum absolute atomic E-state index is 12.8. The summed E-state index contributed by atoms with van der Waals surface area (Å²) in [5, 5.41) is 50.2. The molecule has 6 atom stereocenters. The van der Waals surface area contributed by atoms with Crippen LogP contribution in [0.4, 0.5) is 0 Å². The third-order valence-corrected chi connectivity index (χ3v) is 11.7. The molecule has 6 N–H and O–H groups in total. The fourth-order valence-electron chi connectivity index (χ4n) is 6.80. The molecule has 6 unspecified atom stereocenters. The Morgan fingerprint density at radius 3 is 1.40 bits per heavy atom. The van der Waals surface area contributed by atoms with Gasteiger partial charge in [-0.15, -0.1) is 0 Å².